The molecular weight excluding hydrogens is 266 g/mol. The molecule has 0 spiro atoms. The van der Waals surface area contributed by atoms with Crippen LogP contribution in [0.2, 0.25) is 0 Å². The average Bonchev–Trinajstić information content (AvgIpc) is 3.12. The number of aromatic nitrogens is 1. The van der Waals surface area contributed by atoms with E-state index in [9.17, 15) is 9.59 Å². The molecule has 0 saturated heterocycles. The first kappa shape index (κ1) is 13.9. The summed E-state index contributed by atoms with van der Waals surface area (Å²) in [5, 5.41) is 1.08. The van der Waals surface area contributed by atoms with Crippen LogP contribution in [0.25, 0.3) is 10.9 Å². The van der Waals surface area contributed by atoms with Gasteiger partial charge in [0.2, 0.25) is 0 Å². The molecule has 1 aromatic carbocycles. The Kier molecular flexibility index (Phi) is 3.53. The van der Waals surface area contributed by atoms with Crippen molar-refractivity contribution in [3.8, 4) is 0 Å². The Hall–Kier alpha value is -2.10. The number of aldehydes is 1. The molecule has 4 heteroatoms. The number of ether oxygens (including phenoxy) is 1. The van der Waals surface area contributed by atoms with Gasteiger partial charge in [-0.15, -0.1) is 0 Å². The molecule has 1 heterocycles. The lowest BCUT2D eigenvalue weighted by Crippen LogP contribution is -2.01. The number of fused-ring (bicyclic) bond motifs is 1. The summed E-state index contributed by atoms with van der Waals surface area (Å²) < 4.78 is 6.66. The van der Waals surface area contributed by atoms with Crippen molar-refractivity contribution in [1.82, 2.24) is 4.57 Å². The third-order valence-corrected chi connectivity index (χ3v) is 4.58. The number of carbonyl (C=O) groups excluding carboxylic acids is 2. The molecule has 2 aromatic rings. The van der Waals surface area contributed by atoms with Gasteiger partial charge in [-0.1, -0.05) is 18.9 Å². The number of carbonyl (C=O) groups is 2. The van der Waals surface area contributed by atoms with E-state index in [1.807, 2.05) is 23.7 Å². The summed E-state index contributed by atoms with van der Waals surface area (Å²) in [6.45, 7) is 0. The van der Waals surface area contributed by atoms with Crippen LogP contribution < -0.4 is 0 Å². The van der Waals surface area contributed by atoms with Crippen LogP contribution in [0.1, 0.15) is 58.0 Å². The standard InChI is InChI=1S/C17H19NO3/c1-18-14-9-12(17(20)21-2)7-8-13(14)16(15(18)10-19)11-5-3-4-6-11/h7-11H,3-6H2,1-2H3. The van der Waals surface area contributed by atoms with Crippen LogP contribution in [-0.4, -0.2) is 23.9 Å². The second-order valence-electron chi connectivity index (χ2n) is 5.68. The Balaban J connectivity index is 2.22. The minimum Gasteiger partial charge on any atom is -0.465 e. The lowest BCUT2D eigenvalue weighted by atomic mass is 9.94. The third kappa shape index (κ3) is 2.15. The lowest BCUT2D eigenvalue weighted by molar-refractivity contribution is 0.0601. The molecule has 0 radical (unpaired) electrons. The average molecular weight is 285 g/mol. The summed E-state index contributed by atoms with van der Waals surface area (Å²) in [7, 11) is 3.25. The summed E-state index contributed by atoms with van der Waals surface area (Å²) in [5.41, 5.74) is 3.32. The SMILES string of the molecule is COC(=O)c1ccc2c(C3CCCC3)c(C=O)n(C)c2c1. The van der Waals surface area contributed by atoms with Crippen LogP contribution in [0.5, 0.6) is 0 Å². The molecule has 110 valence electrons. The van der Waals surface area contributed by atoms with Crippen LogP contribution in [0.15, 0.2) is 18.2 Å². The van der Waals surface area contributed by atoms with Crippen LogP contribution in [0.3, 0.4) is 0 Å². The summed E-state index contributed by atoms with van der Waals surface area (Å²) in [6.07, 6.45) is 5.65. The van der Waals surface area contributed by atoms with Crippen molar-refractivity contribution in [3.63, 3.8) is 0 Å². The Morgan fingerprint density at radius 1 is 1.33 bits per heavy atom. The Bertz CT molecular complexity index is 708. The molecular formula is C17H19NO3. The molecule has 0 N–H and O–H groups in total. The van der Waals surface area contributed by atoms with Crippen LogP contribution in [0.4, 0.5) is 0 Å². The van der Waals surface area contributed by atoms with Crippen molar-refractivity contribution in [3.05, 3.63) is 35.0 Å². The first-order valence-corrected chi connectivity index (χ1v) is 7.33. The number of hydrogen-bond donors (Lipinski definition) is 0. The lowest BCUT2D eigenvalue weighted by Gasteiger charge is -2.09. The predicted molar refractivity (Wildman–Crippen MR) is 80.9 cm³/mol. The van der Waals surface area contributed by atoms with Crippen LogP contribution in [0, 0.1) is 0 Å². The Labute approximate surface area is 123 Å². The maximum absolute atomic E-state index is 11.7. The number of esters is 1. The number of hydrogen-bond acceptors (Lipinski definition) is 3. The number of nitrogens with zero attached hydrogens (tertiary/aromatic N) is 1. The zero-order valence-electron chi connectivity index (χ0n) is 12.4. The molecule has 0 aliphatic heterocycles. The summed E-state index contributed by atoms with van der Waals surface area (Å²) in [4.78, 5) is 23.2. The molecule has 0 amide bonds. The van der Waals surface area contributed by atoms with Crippen molar-refractivity contribution in [2.45, 2.75) is 31.6 Å². The Morgan fingerprint density at radius 2 is 2.05 bits per heavy atom. The van der Waals surface area contributed by atoms with Crippen LogP contribution >= 0.6 is 0 Å². The van der Waals surface area contributed by atoms with Gasteiger partial charge in [-0.05, 0) is 36.5 Å². The van der Waals surface area contributed by atoms with Crippen LogP contribution in [-0.2, 0) is 11.8 Å². The largest absolute Gasteiger partial charge is 0.465 e. The summed E-state index contributed by atoms with van der Waals surface area (Å²) in [5.74, 6) is 0.103. The maximum Gasteiger partial charge on any atom is 0.337 e. The van der Waals surface area contributed by atoms with Gasteiger partial charge in [-0.3, -0.25) is 4.79 Å². The van der Waals surface area contributed by atoms with E-state index in [1.165, 1.54) is 20.0 Å². The summed E-state index contributed by atoms with van der Waals surface area (Å²) >= 11 is 0. The minimum atomic E-state index is -0.354. The van der Waals surface area contributed by atoms with Crippen molar-refractivity contribution < 1.29 is 14.3 Å². The highest BCUT2D eigenvalue weighted by molar-refractivity contribution is 5.99. The monoisotopic (exact) mass is 285 g/mol. The molecule has 0 atom stereocenters. The number of rotatable bonds is 3. The van der Waals surface area contributed by atoms with Gasteiger partial charge in [0.1, 0.15) is 0 Å². The van der Waals surface area contributed by atoms with Gasteiger partial charge in [0.05, 0.1) is 18.4 Å². The Morgan fingerprint density at radius 3 is 2.67 bits per heavy atom. The van der Waals surface area contributed by atoms with Gasteiger partial charge in [0, 0.05) is 18.0 Å². The predicted octanol–water partition coefficient (Wildman–Crippen LogP) is 3.44. The molecule has 1 aliphatic carbocycles. The molecule has 0 unspecified atom stereocenters. The molecule has 1 saturated carbocycles. The second-order valence-corrected chi connectivity index (χ2v) is 5.68. The first-order valence-electron chi connectivity index (χ1n) is 7.33. The highest BCUT2D eigenvalue weighted by Gasteiger charge is 2.25. The van der Waals surface area contributed by atoms with Gasteiger partial charge in [-0.2, -0.15) is 0 Å². The quantitative estimate of drug-likeness (QED) is 0.641. The highest BCUT2D eigenvalue weighted by Crippen LogP contribution is 2.40. The van der Waals surface area contributed by atoms with E-state index in [0.29, 0.717) is 11.5 Å². The molecule has 1 aliphatic rings. The van der Waals surface area contributed by atoms with Gasteiger partial charge in [-0.25, -0.2) is 4.79 Å². The van der Waals surface area contributed by atoms with Gasteiger partial charge >= 0.3 is 5.97 Å². The highest BCUT2D eigenvalue weighted by atomic mass is 16.5. The fourth-order valence-electron chi connectivity index (χ4n) is 3.52. The molecule has 0 bridgehead atoms. The van der Waals surface area contributed by atoms with E-state index in [2.05, 4.69) is 0 Å². The van der Waals surface area contributed by atoms with E-state index < -0.39 is 0 Å². The van der Waals surface area contributed by atoms with E-state index in [4.69, 9.17) is 4.74 Å². The van der Waals surface area contributed by atoms with Gasteiger partial charge in [0.25, 0.3) is 0 Å². The van der Waals surface area contributed by atoms with Crippen molar-refractivity contribution in [2.75, 3.05) is 7.11 Å². The first-order chi connectivity index (χ1) is 10.2. The normalized spacial score (nSPS) is 15.5. The molecule has 1 fully saturated rings. The maximum atomic E-state index is 11.7. The van der Waals surface area contributed by atoms with Gasteiger partial charge in [0.15, 0.2) is 6.29 Å². The van der Waals surface area contributed by atoms with E-state index in [-0.39, 0.29) is 5.97 Å². The van der Waals surface area contributed by atoms with E-state index in [0.717, 1.165) is 41.3 Å². The number of benzene rings is 1. The minimum absolute atomic E-state index is 0.354. The van der Waals surface area contributed by atoms with E-state index in [1.54, 1.807) is 6.07 Å². The van der Waals surface area contributed by atoms with Crippen molar-refractivity contribution in [2.24, 2.45) is 7.05 Å². The second kappa shape index (κ2) is 5.35. The fourth-order valence-corrected chi connectivity index (χ4v) is 3.52. The van der Waals surface area contributed by atoms with E-state index >= 15 is 0 Å². The fraction of sp³-hybridized carbons (Fsp3) is 0.412. The topological polar surface area (TPSA) is 48.3 Å². The molecule has 21 heavy (non-hydrogen) atoms. The zero-order valence-corrected chi connectivity index (χ0v) is 12.4. The third-order valence-electron chi connectivity index (χ3n) is 4.58. The summed E-state index contributed by atoms with van der Waals surface area (Å²) in [6, 6.07) is 5.54. The molecule has 4 nitrogen and oxygen atoms in total. The number of aryl methyl sites for hydroxylation is 1. The van der Waals surface area contributed by atoms with Gasteiger partial charge < -0.3 is 9.30 Å². The molecule has 1 aromatic heterocycles. The number of methoxy groups -OCH3 is 1. The van der Waals surface area contributed by atoms with Crippen molar-refractivity contribution in [1.29, 1.82) is 0 Å². The zero-order chi connectivity index (χ0) is 15.0. The smallest absolute Gasteiger partial charge is 0.337 e. The van der Waals surface area contributed by atoms with Crippen molar-refractivity contribution >= 4 is 23.2 Å². The molecule has 3 rings (SSSR count).